The molecular weight excluding hydrogens is 252 g/mol. The molecule has 0 aliphatic heterocycles. The molecule has 1 aliphatic rings. The molecule has 0 aromatic heterocycles. The normalized spacial score (nSPS) is 19.6. The summed E-state index contributed by atoms with van der Waals surface area (Å²) in [7, 11) is 0. The molecule has 0 amide bonds. The Balaban J connectivity index is 2.39. The summed E-state index contributed by atoms with van der Waals surface area (Å²) >= 11 is 0. The van der Waals surface area contributed by atoms with Crippen LogP contribution in [0.15, 0.2) is 65.3 Å². The van der Waals surface area contributed by atoms with Gasteiger partial charge in [0.25, 0.3) is 0 Å². The quantitative estimate of drug-likeness (QED) is 0.573. The maximum absolute atomic E-state index is 4.35. The van der Waals surface area contributed by atoms with E-state index in [2.05, 4.69) is 77.6 Å². The highest BCUT2D eigenvalue weighted by Gasteiger charge is 2.20. The van der Waals surface area contributed by atoms with E-state index in [1.54, 1.807) is 0 Å². The summed E-state index contributed by atoms with van der Waals surface area (Å²) < 4.78 is 0. The zero-order chi connectivity index (χ0) is 15.6. The van der Waals surface area contributed by atoms with Crippen LogP contribution in [0.2, 0.25) is 0 Å². The van der Waals surface area contributed by atoms with Gasteiger partial charge in [0.05, 0.1) is 0 Å². The number of rotatable bonds is 3. The van der Waals surface area contributed by atoms with Crippen LogP contribution in [0.3, 0.4) is 0 Å². The Bertz CT molecular complexity index is 633. The molecule has 0 N–H and O–H groups in total. The predicted octanol–water partition coefficient (Wildman–Crippen LogP) is 6.26. The third-order valence-corrected chi connectivity index (χ3v) is 4.51. The zero-order valence-corrected chi connectivity index (χ0v) is 14.0. The van der Waals surface area contributed by atoms with E-state index in [4.69, 9.17) is 0 Å². The monoisotopic (exact) mass is 278 g/mol. The summed E-state index contributed by atoms with van der Waals surface area (Å²) in [6.07, 6.45) is 5.70. The van der Waals surface area contributed by atoms with Gasteiger partial charge in [-0.15, -0.1) is 0 Å². The lowest BCUT2D eigenvalue weighted by Crippen LogP contribution is -2.09. The fraction of sp³-hybridized carbons (Fsp3) is 0.333. The van der Waals surface area contributed by atoms with Crippen LogP contribution < -0.4 is 0 Å². The van der Waals surface area contributed by atoms with Gasteiger partial charge in [-0.05, 0) is 62.3 Å². The van der Waals surface area contributed by atoms with E-state index in [-0.39, 0.29) is 0 Å². The van der Waals surface area contributed by atoms with E-state index >= 15 is 0 Å². The highest BCUT2D eigenvalue weighted by atomic mass is 14.2. The average Bonchev–Trinajstić information content (AvgIpc) is 2.45. The van der Waals surface area contributed by atoms with E-state index < -0.39 is 0 Å². The van der Waals surface area contributed by atoms with Crippen molar-refractivity contribution in [2.45, 2.75) is 41.0 Å². The van der Waals surface area contributed by atoms with Crippen LogP contribution in [0.1, 0.15) is 45.2 Å². The second-order valence-corrected chi connectivity index (χ2v) is 6.22. The fourth-order valence-corrected chi connectivity index (χ4v) is 3.00. The maximum atomic E-state index is 4.35. The molecule has 1 unspecified atom stereocenters. The van der Waals surface area contributed by atoms with Crippen LogP contribution in [0, 0.1) is 12.8 Å². The van der Waals surface area contributed by atoms with Crippen molar-refractivity contribution < 1.29 is 0 Å². The number of hydrogen-bond acceptors (Lipinski definition) is 0. The molecule has 0 spiro atoms. The Morgan fingerprint density at radius 1 is 1.14 bits per heavy atom. The van der Waals surface area contributed by atoms with Crippen LogP contribution in [0.5, 0.6) is 0 Å². The number of hydrogen-bond donors (Lipinski definition) is 0. The first-order chi connectivity index (χ1) is 9.93. The third kappa shape index (κ3) is 3.26. The lowest BCUT2D eigenvalue weighted by Gasteiger charge is -2.26. The minimum absolute atomic E-state index is 0.557. The van der Waals surface area contributed by atoms with Gasteiger partial charge in [0.1, 0.15) is 0 Å². The second kappa shape index (κ2) is 6.30. The van der Waals surface area contributed by atoms with Gasteiger partial charge in [0, 0.05) is 0 Å². The molecule has 0 fully saturated rings. The van der Waals surface area contributed by atoms with Crippen molar-refractivity contribution in [1.29, 1.82) is 0 Å². The molecule has 1 aromatic rings. The molecule has 0 saturated carbocycles. The SMILES string of the molecule is C=C(C(=CC)C1=CC(C)=C(C)CC1C)c1ccc(C)cc1. The van der Waals surface area contributed by atoms with E-state index in [1.807, 2.05) is 0 Å². The molecule has 21 heavy (non-hydrogen) atoms. The van der Waals surface area contributed by atoms with Crippen LogP contribution in [0.4, 0.5) is 0 Å². The highest BCUT2D eigenvalue weighted by Crippen LogP contribution is 2.37. The van der Waals surface area contributed by atoms with Crippen molar-refractivity contribution in [3.05, 3.63) is 76.4 Å². The van der Waals surface area contributed by atoms with Crippen molar-refractivity contribution in [3.63, 3.8) is 0 Å². The topological polar surface area (TPSA) is 0 Å². The molecule has 0 nitrogen and oxygen atoms in total. The smallest absolute Gasteiger partial charge is 0.0147 e. The van der Waals surface area contributed by atoms with Gasteiger partial charge >= 0.3 is 0 Å². The molecule has 2 rings (SSSR count). The number of aryl methyl sites for hydroxylation is 1. The Morgan fingerprint density at radius 3 is 2.33 bits per heavy atom. The van der Waals surface area contributed by atoms with Gasteiger partial charge < -0.3 is 0 Å². The summed E-state index contributed by atoms with van der Waals surface area (Å²) in [4.78, 5) is 0. The molecule has 1 atom stereocenters. The maximum Gasteiger partial charge on any atom is -0.0147 e. The van der Waals surface area contributed by atoms with Crippen molar-refractivity contribution in [3.8, 4) is 0 Å². The largest absolute Gasteiger partial charge is 0.0906 e. The van der Waals surface area contributed by atoms with E-state index in [0.29, 0.717) is 5.92 Å². The molecule has 0 heteroatoms. The van der Waals surface area contributed by atoms with Crippen LogP contribution >= 0.6 is 0 Å². The van der Waals surface area contributed by atoms with E-state index in [0.717, 1.165) is 12.0 Å². The molecule has 110 valence electrons. The van der Waals surface area contributed by atoms with Crippen molar-refractivity contribution in [2.75, 3.05) is 0 Å². The molecule has 0 saturated heterocycles. The highest BCUT2D eigenvalue weighted by molar-refractivity contribution is 5.82. The first-order valence-corrected chi connectivity index (χ1v) is 7.75. The molecule has 1 aromatic carbocycles. The van der Waals surface area contributed by atoms with Crippen molar-refractivity contribution >= 4 is 5.57 Å². The Hall–Kier alpha value is -1.82. The average molecular weight is 278 g/mol. The van der Waals surface area contributed by atoms with Crippen LogP contribution in [-0.2, 0) is 0 Å². The molecule has 1 aliphatic carbocycles. The number of allylic oxidation sites excluding steroid dienone is 7. The Morgan fingerprint density at radius 2 is 1.76 bits per heavy atom. The van der Waals surface area contributed by atoms with Crippen LogP contribution in [-0.4, -0.2) is 0 Å². The zero-order valence-electron chi connectivity index (χ0n) is 14.0. The van der Waals surface area contributed by atoms with Crippen LogP contribution in [0.25, 0.3) is 5.57 Å². The van der Waals surface area contributed by atoms with Crippen molar-refractivity contribution in [1.82, 2.24) is 0 Å². The lowest BCUT2D eigenvalue weighted by molar-refractivity contribution is 0.666. The van der Waals surface area contributed by atoms with Gasteiger partial charge in [-0.25, -0.2) is 0 Å². The van der Waals surface area contributed by atoms with Gasteiger partial charge in [-0.2, -0.15) is 0 Å². The predicted molar refractivity (Wildman–Crippen MR) is 94.2 cm³/mol. The number of benzene rings is 1. The van der Waals surface area contributed by atoms with Gasteiger partial charge in [-0.1, -0.05) is 66.6 Å². The first-order valence-electron chi connectivity index (χ1n) is 7.75. The lowest BCUT2D eigenvalue weighted by atomic mass is 9.79. The summed E-state index contributed by atoms with van der Waals surface area (Å²) in [6.45, 7) is 15.3. The Kier molecular flexibility index (Phi) is 4.67. The third-order valence-electron chi connectivity index (χ3n) is 4.51. The second-order valence-electron chi connectivity index (χ2n) is 6.22. The minimum atomic E-state index is 0.557. The molecule has 0 heterocycles. The van der Waals surface area contributed by atoms with E-state index in [1.165, 1.54) is 33.4 Å². The standard InChI is InChI=1S/C21H26/c1-7-20(18(6)19-10-8-14(2)9-11-19)21-13-16(4)15(3)12-17(21)5/h7-11,13,17H,6,12H2,1-5H3. The van der Waals surface area contributed by atoms with Gasteiger partial charge in [0.2, 0.25) is 0 Å². The molecule has 0 bridgehead atoms. The van der Waals surface area contributed by atoms with Gasteiger partial charge in [-0.3, -0.25) is 0 Å². The fourth-order valence-electron chi connectivity index (χ4n) is 3.00. The van der Waals surface area contributed by atoms with E-state index in [9.17, 15) is 0 Å². The summed E-state index contributed by atoms with van der Waals surface area (Å²) in [5, 5.41) is 0. The first kappa shape index (κ1) is 15.6. The summed E-state index contributed by atoms with van der Waals surface area (Å²) in [6, 6.07) is 8.65. The van der Waals surface area contributed by atoms with Gasteiger partial charge in [0.15, 0.2) is 0 Å². The molecular formula is C21H26. The molecule has 0 radical (unpaired) electrons. The Labute approximate surface area is 129 Å². The minimum Gasteiger partial charge on any atom is -0.0906 e. The summed E-state index contributed by atoms with van der Waals surface area (Å²) in [5.41, 5.74) is 9.24. The van der Waals surface area contributed by atoms with Crippen molar-refractivity contribution in [2.24, 2.45) is 5.92 Å². The summed E-state index contributed by atoms with van der Waals surface area (Å²) in [5.74, 6) is 0.557.